The molecular formula is C14H22O2. The fourth-order valence-corrected chi connectivity index (χ4v) is 2.70. The molecule has 2 nitrogen and oxygen atoms in total. The second-order valence-corrected chi connectivity index (χ2v) is 5.02. The van der Waals surface area contributed by atoms with Crippen LogP contribution in [0.15, 0.2) is 11.6 Å². The first-order valence-electron chi connectivity index (χ1n) is 6.63. The van der Waals surface area contributed by atoms with E-state index in [9.17, 15) is 4.79 Å². The molecule has 16 heavy (non-hydrogen) atoms. The summed E-state index contributed by atoms with van der Waals surface area (Å²) >= 11 is 0. The first-order valence-corrected chi connectivity index (χ1v) is 6.63. The molecular weight excluding hydrogens is 200 g/mol. The van der Waals surface area contributed by atoms with Crippen LogP contribution < -0.4 is 0 Å². The van der Waals surface area contributed by atoms with Crippen LogP contribution in [0.4, 0.5) is 0 Å². The molecule has 2 aliphatic rings. The molecule has 0 spiro atoms. The Hall–Kier alpha value is -0.630. The largest absolute Gasteiger partial charge is 0.378 e. The minimum Gasteiger partial charge on any atom is -0.378 e. The molecule has 2 rings (SSSR count). The number of hydrogen-bond acceptors (Lipinski definition) is 2. The van der Waals surface area contributed by atoms with Gasteiger partial charge in [0.2, 0.25) is 0 Å². The summed E-state index contributed by atoms with van der Waals surface area (Å²) in [6.45, 7) is 2.84. The van der Waals surface area contributed by atoms with Crippen LogP contribution in [0.25, 0.3) is 0 Å². The van der Waals surface area contributed by atoms with Crippen molar-refractivity contribution in [2.45, 2.75) is 58.0 Å². The monoisotopic (exact) mass is 222 g/mol. The Morgan fingerprint density at radius 1 is 1.44 bits per heavy atom. The quantitative estimate of drug-likeness (QED) is 0.713. The van der Waals surface area contributed by atoms with E-state index in [1.54, 1.807) is 0 Å². The van der Waals surface area contributed by atoms with Crippen molar-refractivity contribution in [2.24, 2.45) is 5.92 Å². The van der Waals surface area contributed by atoms with Crippen molar-refractivity contribution in [3.8, 4) is 0 Å². The van der Waals surface area contributed by atoms with E-state index in [2.05, 4.69) is 6.08 Å². The summed E-state index contributed by atoms with van der Waals surface area (Å²) in [5.41, 5.74) is 1.10. The van der Waals surface area contributed by atoms with Crippen molar-refractivity contribution in [3.05, 3.63) is 11.6 Å². The number of rotatable bonds is 5. The third-order valence-corrected chi connectivity index (χ3v) is 3.72. The van der Waals surface area contributed by atoms with Crippen LogP contribution in [0.5, 0.6) is 0 Å². The van der Waals surface area contributed by atoms with E-state index in [1.807, 2.05) is 6.92 Å². The van der Waals surface area contributed by atoms with Gasteiger partial charge in [-0.1, -0.05) is 6.08 Å². The molecule has 0 aliphatic heterocycles. The van der Waals surface area contributed by atoms with Gasteiger partial charge in [-0.2, -0.15) is 0 Å². The van der Waals surface area contributed by atoms with E-state index in [0.717, 1.165) is 44.3 Å². The molecule has 0 aromatic rings. The molecule has 0 radical (unpaired) electrons. The van der Waals surface area contributed by atoms with Crippen LogP contribution in [0.2, 0.25) is 0 Å². The van der Waals surface area contributed by atoms with E-state index in [-0.39, 0.29) is 0 Å². The van der Waals surface area contributed by atoms with Gasteiger partial charge in [0.05, 0.1) is 6.10 Å². The minimum absolute atomic E-state index is 0.402. The Bertz CT molecular complexity index is 274. The molecule has 90 valence electrons. The summed E-state index contributed by atoms with van der Waals surface area (Å²) < 4.78 is 5.51. The molecule has 2 heteroatoms. The normalized spacial score (nSPS) is 29.4. The lowest BCUT2D eigenvalue weighted by atomic mass is 9.77. The van der Waals surface area contributed by atoms with E-state index < -0.39 is 0 Å². The van der Waals surface area contributed by atoms with Crippen molar-refractivity contribution >= 4 is 5.78 Å². The van der Waals surface area contributed by atoms with Crippen LogP contribution in [0.3, 0.4) is 0 Å². The zero-order valence-electron chi connectivity index (χ0n) is 10.2. The maximum atomic E-state index is 12.0. The summed E-state index contributed by atoms with van der Waals surface area (Å²) in [5, 5.41) is 0. The number of Topliss-reactive ketones (excluding diaryl/α,β-unsaturated/α-hetero) is 1. The predicted molar refractivity (Wildman–Crippen MR) is 64.3 cm³/mol. The molecule has 1 fully saturated rings. The van der Waals surface area contributed by atoms with Gasteiger partial charge in [0.1, 0.15) is 0 Å². The van der Waals surface area contributed by atoms with Crippen LogP contribution >= 0.6 is 0 Å². The van der Waals surface area contributed by atoms with Gasteiger partial charge in [-0.3, -0.25) is 4.79 Å². The summed E-state index contributed by atoms with van der Waals surface area (Å²) in [5.74, 6) is 0.992. The fraction of sp³-hybridized carbons (Fsp3) is 0.786. The SMILES string of the molecule is CCOC1CC(CC(=O)C2=CCCCC2)C1. The Labute approximate surface area is 98.1 Å². The first kappa shape index (κ1) is 11.8. The number of ether oxygens (including phenoxy) is 1. The van der Waals surface area contributed by atoms with Crippen molar-refractivity contribution in [3.63, 3.8) is 0 Å². The highest BCUT2D eigenvalue weighted by molar-refractivity contribution is 5.95. The molecule has 0 unspecified atom stereocenters. The summed E-state index contributed by atoms with van der Waals surface area (Å²) in [6, 6.07) is 0. The highest BCUT2D eigenvalue weighted by atomic mass is 16.5. The van der Waals surface area contributed by atoms with E-state index in [0.29, 0.717) is 17.8 Å². The average Bonchev–Trinajstić information content (AvgIpc) is 2.27. The molecule has 2 aliphatic carbocycles. The van der Waals surface area contributed by atoms with Gasteiger partial charge >= 0.3 is 0 Å². The van der Waals surface area contributed by atoms with Gasteiger partial charge in [-0.15, -0.1) is 0 Å². The minimum atomic E-state index is 0.402. The number of carbonyl (C=O) groups is 1. The molecule has 0 aromatic heterocycles. The van der Waals surface area contributed by atoms with Crippen molar-refractivity contribution in [1.29, 1.82) is 0 Å². The third kappa shape index (κ3) is 2.94. The second kappa shape index (κ2) is 5.62. The predicted octanol–water partition coefficient (Wildman–Crippen LogP) is 3.26. The second-order valence-electron chi connectivity index (χ2n) is 5.02. The Morgan fingerprint density at radius 3 is 2.88 bits per heavy atom. The molecule has 1 saturated carbocycles. The molecule has 0 bridgehead atoms. The van der Waals surface area contributed by atoms with E-state index in [1.165, 1.54) is 12.8 Å². The van der Waals surface area contributed by atoms with Crippen molar-refractivity contribution in [2.75, 3.05) is 6.61 Å². The lowest BCUT2D eigenvalue weighted by Crippen LogP contribution is -2.33. The first-order chi connectivity index (χ1) is 7.79. The van der Waals surface area contributed by atoms with Gasteiger partial charge in [-0.25, -0.2) is 0 Å². The fourth-order valence-electron chi connectivity index (χ4n) is 2.70. The number of allylic oxidation sites excluding steroid dienone is 2. The number of hydrogen-bond donors (Lipinski definition) is 0. The summed E-state index contributed by atoms with van der Waals surface area (Å²) in [7, 11) is 0. The summed E-state index contributed by atoms with van der Waals surface area (Å²) in [4.78, 5) is 12.0. The van der Waals surface area contributed by atoms with Gasteiger partial charge in [0, 0.05) is 13.0 Å². The molecule has 0 saturated heterocycles. The third-order valence-electron chi connectivity index (χ3n) is 3.72. The van der Waals surface area contributed by atoms with Crippen LogP contribution in [0, 0.1) is 5.92 Å². The van der Waals surface area contributed by atoms with Crippen LogP contribution in [-0.2, 0) is 9.53 Å². The zero-order chi connectivity index (χ0) is 11.4. The summed E-state index contributed by atoms with van der Waals surface area (Å²) in [6.07, 6.45) is 10.1. The average molecular weight is 222 g/mol. The number of carbonyl (C=O) groups excluding carboxylic acids is 1. The van der Waals surface area contributed by atoms with Crippen LogP contribution in [-0.4, -0.2) is 18.5 Å². The van der Waals surface area contributed by atoms with Gasteiger partial charge in [0.25, 0.3) is 0 Å². The standard InChI is InChI=1S/C14H22O2/c1-2-16-13-8-11(9-13)10-14(15)12-6-4-3-5-7-12/h6,11,13H,2-5,7-10H2,1H3. The Balaban J connectivity index is 1.70. The van der Waals surface area contributed by atoms with Crippen LogP contribution in [0.1, 0.15) is 51.9 Å². The van der Waals surface area contributed by atoms with E-state index in [4.69, 9.17) is 4.74 Å². The smallest absolute Gasteiger partial charge is 0.158 e. The van der Waals surface area contributed by atoms with Gasteiger partial charge in [-0.05, 0) is 56.9 Å². The van der Waals surface area contributed by atoms with Gasteiger partial charge < -0.3 is 4.74 Å². The Morgan fingerprint density at radius 2 is 2.25 bits per heavy atom. The number of ketones is 1. The topological polar surface area (TPSA) is 26.3 Å². The molecule has 0 N–H and O–H groups in total. The highest BCUT2D eigenvalue weighted by Gasteiger charge is 2.31. The zero-order valence-corrected chi connectivity index (χ0v) is 10.2. The maximum absolute atomic E-state index is 12.0. The van der Waals surface area contributed by atoms with Gasteiger partial charge in [0.15, 0.2) is 5.78 Å². The maximum Gasteiger partial charge on any atom is 0.158 e. The molecule has 0 atom stereocenters. The Kier molecular flexibility index (Phi) is 4.16. The lowest BCUT2D eigenvalue weighted by Gasteiger charge is -2.34. The highest BCUT2D eigenvalue weighted by Crippen LogP contribution is 2.34. The van der Waals surface area contributed by atoms with Crippen molar-refractivity contribution < 1.29 is 9.53 Å². The molecule has 0 aromatic carbocycles. The lowest BCUT2D eigenvalue weighted by molar-refractivity contribution is -0.118. The van der Waals surface area contributed by atoms with Crippen molar-refractivity contribution in [1.82, 2.24) is 0 Å². The van der Waals surface area contributed by atoms with E-state index >= 15 is 0 Å². The molecule has 0 heterocycles. The molecule has 0 amide bonds.